The summed E-state index contributed by atoms with van der Waals surface area (Å²) in [5.41, 5.74) is 5.42. The van der Waals surface area contributed by atoms with Gasteiger partial charge in [-0.15, -0.1) is 5.10 Å². The number of thioether (sulfide) groups is 1. The van der Waals surface area contributed by atoms with E-state index in [1.54, 1.807) is 0 Å². The smallest absolute Gasteiger partial charge is 0.230 e. The predicted octanol–water partition coefficient (Wildman–Crippen LogP) is 3.48. The van der Waals surface area contributed by atoms with Gasteiger partial charge >= 0.3 is 0 Å². The molecule has 1 aromatic heterocycles. The SMILES string of the molecule is Cc1nc(SCC(=O)NCCc2c(C)cc(C(C)(C)C)cc2C)n[nH]1. The van der Waals surface area contributed by atoms with Crippen LogP contribution in [0.4, 0.5) is 0 Å². The number of hydrogen-bond donors (Lipinski definition) is 2. The van der Waals surface area contributed by atoms with Gasteiger partial charge in [-0.2, -0.15) is 0 Å². The lowest BCUT2D eigenvalue weighted by Crippen LogP contribution is -2.27. The van der Waals surface area contributed by atoms with Crippen molar-refractivity contribution in [1.29, 1.82) is 0 Å². The minimum Gasteiger partial charge on any atom is -0.355 e. The number of aromatic nitrogens is 3. The molecule has 25 heavy (non-hydrogen) atoms. The second-order valence-corrected chi connectivity index (χ2v) is 8.37. The zero-order valence-corrected chi connectivity index (χ0v) is 16.8. The zero-order chi connectivity index (χ0) is 18.6. The maximum atomic E-state index is 12.0. The van der Waals surface area contributed by atoms with Crippen molar-refractivity contribution in [2.24, 2.45) is 0 Å². The minimum atomic E-state index is 0.00840. The Kier molecular flexibility index (Phi) is 6.27. The van der Waals surface area contributed by atoms with Crippen LogP contribution in [0.25, 0.3) is 0 Å². The van der Waals surface area contributed by atoms with Crippen molar-refractivity contribution in [1.82, 2.24) is 20.5 Å². The molecule has 0 aliphatic heterocycles. The monoisotopic (exact) mass is 360 g/mol. The lowest BCUT2D eigenvalue weighted by Gasteiger charge is -2.22. The number of nitrogens with one attached hydrogen (secondary N) is 2. The van der Waals surface area contributed by atoms with Crippen molar-refractivity contribution in [3.63, 3.8) is 0 Å². The third-order valence-corrected chi connectivity index (χ3v) is 5.02. The van der Waals surface area contributed by atoms with E-state index in [9.17, 15) is 4.79 Å². The predicted molar refractivity (Wildman–Crippen MR) is 103 cm³/mol. The summed E-state index contributed by atoms with van der Waals surface area (Å²) in [5, 5.41) is 10.4. The van der Waals surface area contributed by atoms with Gasteiger partial charge < -0.3 is 5.32 Å². The Balaban J connectivity index is 1.86. The standard InChI is InChI=1S/C19H28N4OS/c1-12-9-15(19(4,5)6)10-13(2)16(12)7-8-20-17(24)11-25-18-21-14(3)22-23-18/h9-10H,7-8,11H2,1-6H3,(H,20,24)(H,21,22,23). The Labute approximate surface area is 154 Å². The largest absolute Gasteiger partial charge is 0.355 e. The van der Waals surface area contributed by atoms with Crippen LogP contribution in [0.15, 0.2) is 17.3 Å². The van der Waals surface area contributed by atoms with Gasteiger partial charge in [0.05, 0.1) is 5.75 Å². The number of carbonyl (C=O) groups is 1. The average molecular weight is 361 g/mol. The molecule has 0 aliphatic rings. The molecule has 2 N–H and O–H groups in total. The van der Waals surface area contributed by atoms with Crippen LogP contribution in [0.5, 0.6) is 0 Å². The molecule has 0 aliphatic carbocycles. The van der Waals surface area contributed by atoms with Gasteiger partial charge in [-0.05, 0) is 54.9 Å². The van der Waals surface area contributed by atoms with Crippen molar-refractivity contribution >= 4 is 17.7 Å². The highest BCUT2D eigenvalue weighted by molar-refractivity contribution is 7.99. The molecule has 136 valence electrons. The second kappa shape index (κ2) is 8.04. The maximum absolute atomic E-state index is 12.0. The first-order chi connectivity index (χ1) is 11.7. The summed E-state index contributed by atoms with van der Waals surface area (Å²) in [6.07, 6.45) is 0.845. The normalized spacial score (nSPS) is 11.6. The fraction of sp³-hybridized carbons (Fsp3) is 0.526. The molecule has 0 bridgehead atoms. The van der Waals surface area contributed by atoms with Crippen molar-refractivity contribution in [2.45, 2.75) is 58.5 Å². The first-order valence-electron chi connectivity index (χ1n) is 8.56. The molecule has 2 aromatic rings. The number of aromatic amines is 1. The van der Waals surface area contributed by atoms with Crippen LogP contribution in [0.2, 0.25) is 0 Å². The second-order valence-electron chi connectivity index (χ2n) is 7.43. The fourth-order valence-electron chi connectivity index (χ4n) is 2.72. The molecule has 0 spiro atoms. The average Bonchev–Trinajstić information content (AvgIpc) is 2.92. The van der Waals surface area contributed by atoms with E-state index in [4.69, 9.17) is 0 Å². The lowest BCUT2D eigenvalue weighted by atomic mass is 9.83. The highest BCUT2D eigenvalue weighted by Gasteiger charge is 2.16. The number of rotatable bonds is 6. The van der Waals surface area contributed by atoms with Crippen molar-refractivity contribution < 1.29 is 4.79 Å². The van der Waals surface area contributed by atoms with E-state index in [1.807, 2.05) is 6.92 Å². The number of H-pyrrole nitrogens is 1. The number of aryl methyl sites for hydroxylation is 3. The van der Waals surface area contributed by atoms with Gasteiger partial charge in [0.1, 0.15) is 5.82 Å². The van der Waals surface area contributed by atoms with Crippen molar-refractivity contribution in [2.75, 3.05) is 12.3 Å². The Bertz CT molecular complexity index is 723. The topological polar surface area (TPSA) is 70.7 Å². The lowest BCUT2D eigenvalue weighted by molar-refractivity contribution is -0.118. The van der Waals surface area contributed by atoms with Crippen LogP contribution >= 0.6 is 11.8 Å². The Morgan fingerprint density at radius 2 is 1.84 bits per heavy atom. The van der Waals surface area contributed by atoms with E-state index in [0.717, 1.165) is 12.2 Å². The van der Waals surface area contributed by atoms with Crippen molar-refractivity contribution in [3.05, 3.63) is 40.2 Å². The first-order valence-corrected chi connectivity index (χ1v) is 9.54. The Morgan fingerprint density at radius 3 is 2.36 bits per heavy atom. The van der Waals surface area contributed by atoms with Crippen LogP contribution in [0.1, 0.15) is 48.8 Å². The molecular weight excluding hydrogens is 332 g/mol. The third kappa shape index (κ3) is 5.59. The summed E-state index contributed by atoms with van der Waals surface area (Å²) in [6.45, 7) is 13.5. The molecule has 1 amide bonds. The highest BCUT2D eigenvalue weighted by Crippen LogP contribution is 2.27. The Morgan fingerprint density at radius 1 is 1.20 bits per heavy atom. The third-order valence-electron chi connectivity index (χ3n) is 4.17. The van der Waals surface area contributed by atoms with E-state index in [-0.39, 0.29) is 11.3 Å². The molecule has 6 heteroatoms. The van der Waals surface area contributed by atoms with E-state index in [1.165, 1.54) is 34.0 Å². The quantitative estimate of drug-likeness (QED) is 0.774. The van der Waals surface area contributed by atoms with Crippen molar-refractivity contribution in [3.8, 4) is 0 Å². The molecule has 1 heterocycles. The van der Waals surface area contributed by atoms with Gasteiger partial charge in [0.15, 0.2) is 0 Å². The summed E-state index contributed by atoms with van der Waals surface area (Å²) in [6, 6.07) is 4.54. The summed E-state index contributed by atoms with van der Waals surface area (Å²) >= 11 is 1.34. The van der Waals surface area contributed by atoms with Crippen LogP contribution in [-0.4, -0.2) is 33.4 Å². The van der Waals surface area contributed by atoms with Gasteiger partial charge in [-0.1, -0.05) is 44.7 Å². The molecule has 1 aromatic carbocycles. The molecule has 0 saturated carbocycles. The minimum absolute atomic E-state index is 0.00840. The molecule has 5 nitrogen and oxygen atoms in total. The van der Waals surface area contributed by atoms with Crippen LogP contribution < -0.4 is 5.32 Å². The first kappa shape index (κ1) is 19.5. The van der Waals surface area contributed by atoms with Crippen LogP contribution in [-0.2, 0) is 16.6 Å². The maximum Gasteiger partial charge on any atom is 0.230 e. The number of benzene rings is 1. The fourth-order valence-corrected chi connectivity index (χ4v) is 3.39. The van der Waals surface area contributed by atoms with E-state index in [0.29, 0.717) is 17.5 Å². The highest BCUT2D eigenvalue weighted by atomic mass is 32.2. The number of hydrogen-bond acceptors (Lipinski definition) is 4. The van der Waals surface area contributed by atoms with Gasteiger partial charge in [-0.3, -0.25) is 9.89 Å². The summed E-state index contributed by atoms with van der Waals surface area (Å²) < 4.78 is 0. The van der Waals surface area contributed by atoms with Gasteiger partial charge in [-0.25, -0.2) is 4.98 Å². The molecule has 0 radical (unpaired) electrons. The van der Waals surface area contributed by atoms with Crippen LogP contribution in [0.3, 0.4) is 0 Å². The summed E-state index contributed by atoms with van der Waals surface area (Å²) in [5.74, 6) is 1.10. The molecular formula is C19H28N4OS. The van der Waals surface area contributed by atoms with Crippen LogP contribution in [0, 0.1) is 20.8 Å². The molecule has 0 saturated heterocycles. The number of amides is 1. The Hall–Kier alpha value is -1.82. The molecule has 2 rings (SSSR count). The zero-order valence-electron chi connectivity index (χ0n) is 16.0. The summed E-state index contributed by atoms with van der Waals surface area (Å²) in [4.78, 5) is 16.1. The molecule has 0 unspecified atom stereocenters. The molecule has 0 fully saturated rings. The van der Waals surface area contributed by atoms with Gasteiger partial charge in [0.2, 0.25) is 11.1 Å². The van der Waals surface area contributed by atoms with E-state index in [2.05, 4.69) is 67.2 Å². The number of nitrogens with zero attached hydrogens (tertiary/aromatic N) is 2. The number of carbonyl (C=O) groups excluding carboxylic acids is 1. The van der Waals surface area contributed by atoms with Gasteiger partial charge in [0, 0.05) is 6.54 Å². The van der Waals surface area contributed by atoms with E-state index >= 15 is 0 Å². The van der Waals surface area contributed by atoms with E-state index < -0.39 is 0 Å². The van der Waals surface area contributed by atoms with Gasteiger partial charge in [0.25, 0.3) is 0 Å². The molecule has 0 atom stereocenters. The summed E-state index contributed by atoms with van der Waals surface area (Å²) in [7, 11) is 0.